The lowest BCUT2D eigenvalue weighted by Crippen LogP contribution is -2.56. The normalized spacial score (nSPS) is 31.4. The molecule has 0 aromatic heterocycles. The van der Waals surface area contributed by atoms with Gasteiger partial charge in [-0.05, 0) is 38.1 Å². The Bertz CT molecular complexity index is 459. The van der Waals surface area contributed by atoms with Crippen molar-refractivity contribution in [3.8, 4) is 0 Å². The van der Waals surface area contributed by atoms with Crippen LogP contribution < -0.4 is 5.32 Å². The van der Waals surface area contributed by atoms with Gasteiger partial charge < -0.3 is 5.32 Å². The van der Waals surface area contributed by atoms with E-state index in [4.69, 9.17) is 0 Å². The number of likely N-dealkylation sites (N-methyl/N-ethyl adjacent to an activating group) is 2. The quantitative estimate of drug-likeness (QED) is 0.907. The zero-order valence-electron chi connectivity index (χ0n) is 13.0. The van der Waals surface area contributed by atoms with Gasteiger partial charge in [0.1, 0.15) is 0 Å². The van der Waals surface area contributed by atoms with Crippen LogP contribution in [-0.4, -0.2) is 55.1 Å². The Morgan fingerprint density at radius 2 is 2.05 bits per heavy atom. The number of nitrogens with one attached hydrogen (secondary N) is 1. The summed E-state index contributed by atoms with van der Waals surface area (Å²) in [6.45, 7) is 9.43. The fraction of sp³-hybridized carbons (Fsp3) is 0.647. The molecule has 2 aliphatic rings. The van der Waals surface area contributed by atoms with Gasteiger partial charge in [-0.1, -0.05) is 31.2 Å². The van der Waals surface area contributed by atoms with Gasteiger partial charge in [0.2, 0.25) is 0 Å². The van der Waals surface area contributed by atoms with E-state index in [1.165, 1.54) is 43.7 Å². The second-order valence-electron chi connectivity index (χ2n) is 6.21. The molecule has 0 spiro atoms. The second kappa shape index (κ2) is 5.84. The molecule has 1 aromatic carbocycles. The van der Waals surface area contributed by atoms with Crippen LogP contribution in [0.4, 0.5) is 0 Å². The first-order valence-corrected chi connectivity index (χ1v) is 7.97. The molecule has 3 rings (SSSR count). The first-order valence-electron chi connectivity index (χ1n) is 7.97. The summed E-state index contributed by atoms with van der Waals surface area (Å²) in [6, 6.07) is 10.7. The Labute approximate surface area is 123 Å². The van der Waals surface area contributed by atoms with E-state index in [0.29, 0.717) is 18.1 Å². The van der Waals surface area contributed by atoms with Gasteiger partial charge in [-0.2, -0.15) is 0 Å². The average molecular weight is 273 g/mol. The van der Waals surface area contributed by atoms with Crippen molar-refractivity contribution in [2.45, 2.75) is 38.4 Å². The van der Waals surface area contributed by atoms with Crippen LogP contribution in [0, 0.1) is 0 Å². The maximum absolute atomic E-state index is 3.55. The molecule has 0 bridgehead atoms. The fourth-order valence-electron chi connectivity index (χ4n) is 4.06. The molecule has 3 heteroatoms. The Morgan fingerprint density at radius 1 is 1.25 bits per heavy atom. The van der Waals surface area contributed by atoms with Crippen LogP contribution in [0.15, 0.2) is 24.3 Å². The summed E-state index contributed by atoms with van der Waals surface area (Å²) in [5.41, 5.74) is 3.04. The van der Waals surface area contributed by atoms with E-state index in [1.54, 1.807) is 0 Å². The molecular weight excluding hydrogens is 246 g/mol. The van der Waals surface area contributed by atoms with Crippen LogP contribution in [0.1, 0.15) is 31.0 Å². The SMILES string of the molecule is CCN1CCN(C2Cc3ccccc3C2NC)CC1C. The minimum absolute atomic E-state index is 0.492. The number of benzene rings is 1. The number of hydrogen-bond acceptors (Lipinski definition) is 3. The molecule has 1 aliphatic carbocycles. The van der Waals surface area contributed by atoms with Crippen molar-refractivity contribution in [1.82, 2.24) is 15.1 Å². The topological polar surface area (TPSA) is 18.5 Å². The summed E-state index contributed by atoms with van der Waals surface area (Å²) in [6.07, 6.45) is 1.19. The van der Waals surface area contributed by atoms with Crippen molar-refractivity contribution in [2.24, 2.45) is 0 Å². The number of piperazine rings is 1. The first kappa shape index (κ1) is 14.1. The van der Waals surface area contributed by atoms with E-state index >= 15 is 0 Å². The smallest absolute Gasteiger partial charge is 0.0481 e. The van der Waals surface area contributed by atoms with E-state index in [9.17, 15) is 0 Å². The molecule has 3 nitrogen and oxygen atoms in total. The standard InChI is InChI=1S/C17H27N3/c1-4-19-9-10-20(12-13(19)2)16-11-14-7-5-6-8-15(14)17(16)18-3/h5-8,13,16-18H,4,9-12H2,1-3H3. The third kappa shape index (κ3) is 2.39. The highest BCUT2D eigenvalue weighted by atomic mass is 15.3. The van der Waals surface area contributed by atoms with Gasteiger partial charge in [0.05, 0.1) is 0 Å². The second-order valence-corrected chi connectivity index (χ2v) is 6.21. The van der Waals surface area contributed by atoms with Gasteiger partial charge in [-0.15, -0.1) is 0 Å². The molecule has 110 valence electrons. The maximum Gasteiger partial charge on any atom is 0.0481 e. The first-order chi connectivity index (χ1) is 9.74. The molecule has 20 heavy (non-hydrogen) atoms. The average Bonchev–Trinajstić information content (AvgIpc) is 2.85. The van der Waals surface area contributed by atoms with Crippen molar-refractivity contribution in [3.63, 3.8) is 0 Å². The Balaban J connectivity index is 1.76. The monoisotopic (exact) mass is 273 g/mol. The minimum Gasteiger partial charge on any atom is -0.312 e. The lowest BCUT2D eigenvalue weighted by molar-refractivity contribution is 0.0505. The van der Waals surface area contributed by atoms with Gasteiger partial charge in [0, 0.05) is 37.8 Å². The Hall–Kier alpha value is -0.900. The zero-order chi connectivity index (χ0) is 14.1. The molecule has 1 aromatic rings. The van der Waals surface area contributed by atoms with E-state index in [-0.39, 0.29) is 0 Å². The van der Waals surface area contributed by atoms with Gasteiger partial charge in [0.15, 0.2) is 0 Å². The molecular formula is C17H27N3. The third-order valence-electron chi connectivity index (χ3n) is 5.19. The fourth-order valence-corrected chi connectivity index (χ4v) is 4.06. The van der Waals surface area contributed by atoms with Crippen molar-refractivity contribution < 1.29 is 0 Å². The molecule has 3 unspecified atom stereocenters. The van der Waals surface area contributed by atoms with Crippen molar-refractivity contribution in [3.05, 3.63) is 35.4 Å². The molecule has 0 radical (unpaired) electrons. The van der Waals surface area contributed by atoms with E-state index in [1.807, 2.05) is 0 Å². The lowest BCUT2D eigenvalue weighted by atomic mass is 10.0. The highest BCUT2D eigenvalue weighted by molar-refractivity contribution is 5.37. The highest BCUT2D eigenvalue weighted by Gasteiger charge is 2.37. The summed E-state index contributed by atoms with van der Waals surface area (Å²) in [4.78, 5) is 5.30. The van der Waals surface area contributed by atoms with Crippen molar-refractivity contribution in [1.29, 1.82) is 0 Å². The number of hydrogen-bond donors (Lipinski definition) is 1. The van der Waals surface area contributed by atoms with Crippen LogP contribution in [-0.2, 0) is 6.42 Å². The molecule has 1 aliphatic heterocycles. The maximum atomic E-state index is 3.55. The molecule has 1 saturated heterocycles. The Kier molecular flexibility index (Phi) is 4.11. The third-order valence-corrected chi connectivity index (χ3v) is 5.19. The summed E-state index contributed by atoms with van der Waals surface area (Å²) in [5, 5.41) is 3.55. The largest absolute Gasteiger partial charge is 0.312 e. The highest BCUT2D eigenvalue weighted by Crippen LogP contribution is 2.35. The predicted molar refractivity (Wildman–Crippen MR) is 84.0 cm³/mol. The molecule has 3 atom stereocenters. The zero-order valence-corrected chi connectivity index (χ0v) is 13.0. The van der Waals surface area contributed by atoms with Gasteiger partial charge in [-0.3, -0.25) is 9.80 Å². The minimum atomic E-state index is 0.492. The lowest BCUT2D eigenvalue weighted by Gasteiger charge is -2.43. The summed E-state index contributed by atoms with van der Waals surface area (Å²) in [7, 11) is 2.10. The van der Waals surface area contributed by atoms with Crippen LogP contribution in [0.3, 0.4) is 0 Å². The van der Waals surface area contributed by atoms with Gasteiger partial charge >= 0.3 is 0 Å². The molecule has 1 N–H and O–H groups in total. The van der Waals surface area contributed by atoms with E-state index in [2.05, 4.69) is 60.3 Å². The molecule has 0 amide bonds. The summed E-state index contributed by atoms with van der Waals surface area (Å²) >= 11 is 0. The van der Waals surface area contributed by atoms with Crippen LogP contribution in [0.5, 0.6) is 0 Å². The van der Waals surface area contributed by atoms with Crippen molar-refractivity contribution in [2.75, 3.05) is 33.2 Å². The van der Waals surface area contributed by atoms with Gasteiger partial charge in [0.25, 0.3) is 0 Å². The van der Waals surface area contributed by atoms with Crippen LogP contribution in [0.25, 0.3) is 0 Å². The van der Waals surface area contributed by atoms with Gasteiger partial charge in [-0.25, -0.2) is 0 Å². The number of fused-ring (bicyclic) bond motifs is 1. The molecule has 0 saturated carbocycles. The number of rotatable bonds is 3. The van der Waals surface area contributed by atoms with Crippen LogP contribution in [0.2, 0.25) is 0 Å². The predicted octanol–water partition coefficient (Wildman–Crippen LogP) is 1.90. The van der Waals surface area contributed by atoms with Crippen LogP contribution >= 0.6 is 0 Å². The Morgan fingerprint density at radius 3 is 2.75 bits per heavy atom. The van der Waals surface area contributed by atoms with E-state index < -0.39 is 0 Å². The summed E-state index contributed by atoms with van der Waals surface area (Å²) < 4.78 is 0. The van der Waals surface area contributed by atoms with Crippen molar-refractivity contribution >= 4 is 0 Å². The molecule has 1 heterocycles. The van der Waals surface area contributed by atoms with E-state index in [0.717, 1.165) is 0 Å². The summed E-state index contributed by atoms with van der Waals surface area (Å²) in [5.74, 6) is 0. The number of nitrogens with zero attached hydrogens (tertiary/aromatic N) is 2. The molecule has 1 fully saturated rings.